The molecule has 1 N–H and O–H groups in total. The highest BCUT2D eigenvalue weighted by Crippen LogP contribution is 2.05. The first-order chi connectivity index (χ1) is 12.1. The monoisotopic (exact) mass is 341 g/mol. The minimum absolute atomic E-state index is 1.09. The average Bonchev–Trinajstić information content (AvgIpc) is 2.69. The molecule has 0 radical (unpaired) electrons. The van der Waals surface area contributed by atoms with Crippen LogP contribution in [0, 0.1) is 0 Å². The fourth-order valence-electron chi connectivity index (χ4n) is 2.27. The summed E-state index contributed by atoms with van der Waals surface area (Å²) in [5.41, 5.74) is 5.71. The zero-order valence-corrected chi connectivity index (χ0v) is 17.4. The van der Waals surface area contributed by atoms with Gasteiger partial charge < -0.3 is 5.32 Å². The minimum atomic E-state index is 1.09. The highest BCUT2D eigenvalue weighted by Gasteiger charge is 1.89. The molecular formula is C24H39N. The number of benzene rings is 2. The van der Waals surface area contributed by atoms with Crippen LogP contribution in [0.25, 0.3) is 0 Å². The van der Waals surface area contributed by atoms with Crippen LogP contribution in [0.4, 0.5) is 0 Å². The van der Waals surface area contributed by atoms with E-state index in [-0.39, 0.29) is 0 Å². The Morgan fingerprint density at radius 3 is 0.720 bits per heavy atom. The third-order valence-electron chi connectivity index (χ3n) is 4.18. The molecule has 1 nitrogen and oxygen atoms in total. The van der Waals surface area contributed by atoms with Gasteiger partial charge in [0.1, 0.15) is 0 Å². The predicted octanol–water partition coefficient (Wildman–Crippen LogP) is 6.24. The molecule has 0 bridgehead atoms. The van der Waals surface area contributed by atoms with E-state index in [0.29, 0.717) is 0 Å². The van der Waals surface area contributed by atoms with Crippen LogP contribution in [0.1, 0.15) is 63.8 Å². The van der Waals surface area contributed by atoms with Crippen LogP contribution in [-0.2, 0) is 25.7 Å². The summed E-state index contributed by atoms with van der Waals surface area (Å²) < 4.78 is 0. The zero-order valence-electron chi connectivity index (χ0n) is 17.4. The molecule has 0 aliphatic carbocycles. The van der Waals surface area contributed by atoms with E-state index in [1.165, 1.54) is 22.3 Å². The van der Waals surface area contributed by atoms with E-state index in [9.17, 15) is 0 Å². The molecule has 0 fully saturated rings. The molecule has 0 saturated carbocycles. The second-order valence-corrected chi connectivity index (χ2v) is 6.00. The normalized spacial score (nSPS) is 9.52. The van der Waals surface area contributed by atoms with Gasteiger partial charge in [0.05, 0.1) is 0 Å². The molecule has 0 aromatic heterocycles. The molecule has 1 heteroatoms. The van der Waals surface area contributed by atoms with Crippen molar-refractivity contribution in [2.24, 2.45) is 0 Å². The fraction of sp³-hybridized carbons (Fsp3) is 0.500. The van der Waals surface area contributed by atoms with Gasteiger partial charge in [-0.1, -0.05) is 90.1 Å². The van der Waals surface area contributed by atoms with Gasteiger partial charge in [0.15, 0.2) is 0 Å². The summed E-state index contributed by atoms with van der Waals surface area (Å²) in [7, 11) is 0. The third-order valence-corrected chi connectivity index (χ3v) is 4.18. The van der Waals surface area contributed by atoms with Crippen LogP contribution in [0.5, 0.6) is 0 Å². The maximum Gasteiger partial charge on any atom is -0.00775 e. The van der Waals surface area contributed by atoms with E-state index in [1.807, 2.05) is 0 Å². The molecule has 0 spiro atoms. The Morgan fingerprint density at radius 1 is 0.440 bits per heavy atom. The quantitative estimate of drug-likeness (QED) is 0.656. The molecule has 0 saturated heterocycles. The van der Waals surface area contributed by atoms with E-state index in [1.54, 1.807) is 0 Å². The highest BCUT2D eigenvalue weighted by molar-refractivity contribution is 5.22. The standard InChI is InChI=1S/2C10H14.C4H11N/c2*1-3-9-5-7-10(4-2)8-6-9;1-3-5-4-2/h2*5-8H,3-4H2,1-2H3;5H,3-4H2,1-2H3. The number of nitrogens with one attached hydrogen (secondary N) is 1. The molecule has 2 rings (SSSR count). The van der Waals surface area contributed by atoms with Crippen LogP contribution in [-0.4, -0.2) is 13.1 Å². The van der Waals surface area contributed by atoms with Crippen molar-refractivity contribution in [3.8, 4) is 0 Å². The molecule has 0 aliphatic heterocycles. The first-order valence-corrected chi connectivity index (χ1v) is 10.0. The molecule has 0 atom stereocenters. The van der Waals surface area contributed by atoms with Gasteiger partial charge in [-0.25, -0.2) is 0 Å². The van der Waals surface area contributed by atoms with Crippen molar-refractivity contribution < 1.29 is 0 Å². The van der Waals surface area contributed by atoms with Crippen LogP contribution in [0.3, 0.4) is 0 Å². The highest BCUT2D eigenvalue weighted by atomic mass is 14.8. The Bertz CT molecular complexity index is 415. The van der Waals surface area contributed by atoms with Gasteiger partial charge >= 0.3 is 0 Å². The van der Waals surface area contributed by atoms with E-state index >= 15 is 0 Å². The maximum absolute atomic E-state index is 3.11. The second-order valence-electron chi connectivity index (χ2n) is 6.00. The lowest BCUT2D eigenvalue weighted by Crippen LogP contribution is -2.09. The molecule has 25 heavy (non-hydrogen) atoms. The van der Waals surface area contributed by atoms with Gasteiger partial charge in [0.25, 0.3) is 0 Å². The molecule has 0 heterocycles. The van der Waals surface area contributed by atoms with Gasteiger partial charge in [-0.2, -0.15) is 0 Å². The topological polar surface area (TPSA) is 12.0 Å². The maximum atomic E-state index is 3.11. The van der Waals surface area contributed by atoms with Crippen molar-refractivity contribution in [1.29, 1.82) is 0 Å². The number of aryl methyl sites for hydroxylation is 4. The van der Waals surface area contributed by atoms with Crippen LogP contribution in [0.2, 0.25) is 0 Å². The molecule has 2 aromatic carbocycles. The molecule has 0 aliphatic rings. The van der Waals surface area contributed by atoms with E-state index < -0.39 is 0 Å². The first-order valence-electron chi connectivity index (χ1n) is 10.0. The molecule has 2 aromatic rings. The summed E-state index contributed by atoms with van der Waals surface area (Å²) in [6.45, 7) is 15.1. The molecule has 0 unspecified atom stereocenters. The lowest BCUT2D eigenvalue weighted by atomic mass is 10.1. The first kappa shape index (κ1) is 23.4. The fourth-order valence-corrected chi connectivity index (χ4v) is 2.27. The molecule has 140 valence electrons. The summed E-state index contributed by atoms with van der Waals surface area (Å²) in [6.07, 6.45) is 4.57. The van der Waals surface area contributed by atoms with Gasteiger partial charge in [-0.3, -0.25) is 0 Å². The Labute approximate surface area is 156 Å². The lowest BCUT2D eigenvalue weighted by molar-refractivity contribution is 0.762. The summed E-state index contributed by atoms with van der Waals surface area (Å²) in [5, 5.41) is 3.11. The number of rotatable bonds is 6. The minimum Gasteiger partial charge on any atom is -0.317 e. The van der Waals surface area contributed by atoms with Crippen molar-refractivity contribution >= 4 is 0 Å². The van der Waals surface area contributed by atoms with Crippen molar-refractivity contribution in [3.05, 3.63) is 70.8 Å². The van der Waals surface area contributed by atoms with Gasteiger partial charge in [-0.15, -0.1) is 0 Å². The Balaban J connectivity index is 0.000000368. The zero-order chi connectivity index (χ0) is 18.9. The number of hydrogen-bond acceptors (Lipinski definition) is 1. The largest absolute Gasteiger partial charge is 0.317 e. The van der Waals surface area contributed by atoms with Crippen molar-refractivity contribution in [3.63, 3.8) is 0 Å². The summed E-state index contributed by atoms with van der Waals surface area (Å²) >= 11 is 0. The number of hydrogen-bond donors (Lipinski definition) is 1. The Hall–Kier alpha value is -1.60. The van der Waals surface area contributed by atoms with Crippen molar-refractivity contribution in [2.45, 2.75) is 67.2 Å². The van der Waals surface area contributed by atoms with Crippen molar-refractivity contribution in [1.82, 2.24) is 5.32 Å². The second kappa shape index (κ2) is 15.9. The summed E-state index contributed by atoms with van der Waals surface area (Å²) in [5.74, 6) is 0. The van der Waals surface area contributed by atoms with Crippen molar-refractivity contribution in [2.75, 3.05) is 13.1 Å². The van der Waals surface area contributed by atoms with Crippen LogP contribution < -0.4 is 5.32 Å². The Morgan fingerprint density at radius 2 is 0.640 bits per heavy atom. The van der Waals surface area contributed by atoms with E-state index in [4.69, 9.17) is 0 Å². The van der Waals surface area contributed by atoms with Gasteiger partial charge in [0.2, 0.25) is 0 Å². The van der Waals surface area contributed by atoms with Crippen LogP contribution in [0.15, 0.2) is 48.5 Å². The molecular weight excluding hydrogens is 302 g/mol. The lowest BCUT2D eigenvalue weighted by Gasteiger charge is -1.97. The third kappa shape index (κ3) is 11.6. The van der Waals surface area contributed by atoms with E-state index in [0.717, 1.165) is 38.8 Å². The van der Waals surface area contributed by atoms with Gasteiger partial charge in [-0.05, 0) is 61.0 Å². The SMILES string of the molecule is CCNCC.CCc1ccc(CC)cc1.CCc1ccc(CC)cc1. The summed E-state index contributed by atoms with van der Waals surface area (Å²) in [6, 6.07) is 17.7. The Kier molecular flexibility index (Phi) is 14.9. The molecule has 0 amide bonds. The van der Waals surface area contributed by atoms with E-state index in [2.05, 4.69) is 95.4 Å². The average molecular weight is 342 g/mol. The smallest absolute Gasteiger partial charge is 0.00775 e. The van der Waals surface area contributed by atoms with Gasteiger partial charge in [0, 0.05) is 0 Å². The van der Waals surface area contributed by atoms with Crippen LogP contribution >= 0.6 is 0 Å². The predicted molar refractivity (Wildman–Crippen MR) is 115 cm³/mol. The summed E-state index contributed by atoms with van der Waals surface area (Å²) in [4.78, 5) is 0.